The van der Waals surface area contributed by atoms with Gasteiger partial charge >= 0.3 is 5.97 Å². The Labute approximate surface area is 97.8 Å². The Morgan fingerprint density at radius 2 is 2.18 bits per heavy atom. The molecule has 1 aromatic heterocycles. The summed E-state index contributed by atoms with van der Waals surface area (Å²) in [7, 11) is -2.66. The number of pyridine rings is 1. The van der Waals surface area contributed by atoms with Gasteiger partial charge in [-0.1, -0.05) is 0 Å². The molecule has 0 atom stereocenters. The van der Waals surface area contributed by atoms with E-state index >= 15 is 0 Å². The Hall–Kier alpha value is -1.54. The lowest BCUT2D eigenvalue weighted by Gasteiger charge is -2.15. The van der Waals surface area contributed by atoms with E-state index in [2.05, 4.69) is 4.98 Å². The van der Waals surface area contributed by atoms with Crippen LogP contribution >= 0.6 is 0 Å². The Morgan fingerprint density at radius 1 is 1.53 bits per heavy atom. The third-order valence-corrected chi connectivity index (χ3v) is 3.85. The molecule has 1 rings (SSSR count). The molecule has 0 aliphatic heterocycles. The van der Waals surface area contributed by atoms with Crippen LogP contribution in [0.25, 0.3) is 0 Å². The summed E-state index contributed by atoms with van der Waals surface area (Å²) in [5, 5.41) is 8.45. The van der Waals surface area contributed by atoms with Crippen molar-refractivity contribution in [1.29, 1.82) is 0 Å². The van der Waals surface area contributed by atoms with Crippen LogP contribution in [0.4, 0.5) is 4.39 Å². The maximum atomic E-state index is 12.8. The minimum atomic E-state index is -3.89. The van der Waals surface area contributed by atoms with E-state index in [-0.39, 0.29) is 17.9 Å². The van der Waals surface area contributed by atoms with Gasteiger partial charge in [0.2, 0.25) is 10.0 Å². The minimum absolute atomic E-state index is 0.186. The maximum absolute atomic E-state index is 12.8. The molecule has 0 aliphatic rings. The molecule has 0 unspecified atom stereocenters. The molecule has 1 heterocycles. The van der Waals surface area contributed by atoms with E-state index in [1.807, 2.05) is 0 Å². The molecule has 0 aromatic carbocycles. The number of sulfonamides is 1. The number of halogens is 1. The zero-order valence-electron chi connectivity index (χ0n) is 9.00. The molecule has 0 fully saturated rings. The molecule has 6 nitrogen and oxygen atoms in total. The van der Waals surface area contributed by atoms with Crippen LogP contribution in [0.5, 0.6) is 0 Å². The first-order chi connectivity index (χ1) is 7.84. The summed E-state index contributed by atoms with van der Waals surface area (Å²) in [6, 6.07) is 0.833. The standard InChI is InChI=1S/C9H11FN2O4S/c1-12(3-2-9(13)14)17(15,16)8-4-7(10)5-11-6-8/h4-6H,2-3H2,1H3,(H,13,14). The van der Waals surface area contributed by atoms with Crippen LogP contribution < -0.4 is 0 Å². The summed E-state index contributed by atoms with van der Waals surface area (Å²) >= 11 is 0. The van der Waals surface area contributed by atoms with E-state index in [0.29, 0.717) is 0 Å². The second-order valence-corrected chi connectivity index (χ2v) is 5.35. The van der Waals surface area contributed by atoms with Gasteiger partial charge in [0.1, 0.15) is 10.7 Å². The van der Waals surface area contributed by atoms with Crippen LogP contribution in [0.2, 0.25) is 0 Å². The van der Waals surface area contributed by atoms with Gasteiger partial charge in [-0.25, -0.2) is 17.1 Å². The molecule has 0 amide bonds. The monoisotopic (exact) mass is 262 g/mol. The molecule has 0 saturated heterocycles. The lowest BCUT2D eigenvalue weighted by molar-refractivity contribution is -0.137. The van der Waals surface area contributed by atoms with Crippen molar-refractivity contribution < 1.29 is 22.7 Å². The second-order valence-electron chi connectivity index (χ2n) is 3.31. The zero-order valence-corrected chi connectivity index (χ0v) is 9.82. The first-order valence-electron chi connectivity index (χ1n) is 4.62. The minimum Gasteiger partial charge on any atom is -0.481 e. The van der Waals surface area contributed by atoms with Gasteiger partial charge in [-0.15, -0.1) is 0 Å². The molecule has 8 heteroatoms. The van der Waals surface area contributed by atoms with Crippen LogP contribution in [0.15, 0.2) is 23.4 Å². The van der Waals surface area contributed by atoms with E-state index in [1.165, 1.54) is 7.05 Å². The van der Waals surface area contributed by atoms with Crippen molar-refractivity contribution in [2.75, 3.05) is 13.6 Å². The average molecular weight is 262 g/mol. The molecule has 0 saturated carbocycles. The summed E-state index contributed by atoms with van der Waals surface area (Å²) in [5.74, 6) is -1.87. The third kappa shape index (κ3) is 3.46. The van der Waals surface area contributed by atoms with Crippen molar-refractivity contribution in [2.45, 2.75) is 11.3 Å². The predicted molar refractivity (Wildman–Crippen MR) is 56.3 cm³/mol. The molecule has 1 aromatic rings. The number of aliphatic carboxylic acids is 1. The van der Waals surface area contributed by atoms with Gasteiger partial charge in [-0.2, -0.15) is 0 Å². The molecular formula is C9H11FN2O4S. The smallest absolute Gasteiger partial charge is 0.304 e. The third-order valence-electron chi connectivity index (χ3n) is 2.03. The van der Waals surface area contributed by atoms with Crippen LogP contribution in [-0.2, 0) is 14.8 Å². The Balaban J connectivity index is 2.91. The normalized spacial score (nSPS) is 11.7. The molecule has 1 N–H and O–H groups in total. The Kier molecular flexibility index (Phi) is 4.13. The van der Waals surface area contributed by atoms with Gasteiger partial charge in [0.15, 0.2) is 0 Å². The van der Waals surface area contributed by atoms with Crippen molar-refractivity contribution in [1.82, 2.24) is 9.29 Å². The molecule has 0 aliphatic carbocycles. The lowest BCUT2D eigenvalue weighted by atomic mass is 10.4. The summed E-state index contributed by atoms with van der Waals surface area (Å²) < 4.78 is 37.3. The zero-order chi connectivity index (χ0) is 13.1. The van der Waals surface area contributed by atoms with Gasteiger partial charge < -0.3 is 5.11 Å². The molecule has 94 valence electrons. The van der Waals surface area contributed by atoms with E-state index in [1.54, 1.807) is 0 Å². The van der Waals surface area contributed by atoms with Crippen LogP contribution in [0.3, 0.4) is 0 Å². The van der Waals surface area contributed by atoms with Gasteiger partial charge in [0, 0.05) is 19.8 Å². The lowest BCUT2D eigenvalue weighted by Crippen LogP contribution is -2.29. The fourth-order valence-corrected chi connectivity index (χ4v) is 2.23. The van der Waals surface area contributed by atoms with Crippen LogP contribution in [-0.4, -0.2) is 42.4 Å². The van der Waals surface area contributed by atoms with Gasteiger partial charge in [-0.3, -0.25) is 9.78 Å². The van der Waals surface area contributed by atoms with Crippen molar-refractivity contribution in [3.63, 3.8) is 0 Å². The van der Waals surface area contributed by atoms with Crippen molar-refractivity contribution >= 4 is 16.0 Å². The second kappa shape index (κ2) is 5.19. The van der Waals surface area contributed by atoms with Crippen molar-refractivity contribution in [3.05, 3.63) is 24.3 Å². The molecule has 0 radical (unpaired) electrons. The number of carbonyl (C=O) groups is 1. The number of carboxylic acid groups (broad SMARTS) is 1. The SMILES string of the molecule is CN(CCC(=O)O)S(=O)(=O)c1cncc(F)c1. The Bertz CT molecular complexity index is 517. The highest BCUT2D eigenvalue weighted by molar-refractivity contribution is 7.89. The number of rotatable bonds is 5. The van der Waals surface area contributed by atoms with Crippen molar-refractivity contribution in [2.24, 2.45) is 0 Å². The summed E-state index contributed by atoms with van der Waals surface area (Å²) in [4.78, 5) is 13.5. The number of aromatic nitrogens is 1. The molecule has 0 spiro atoms. The number of hydrogen-bond donors (Lipinski definition) is 1. The number of carboxylic acids is 1. The molecule has 0 bridgehead atoms. The van der Waals surface area contributed by atoms with Crippen molar-refractivity contribution in [3.8, 4) is 0 Å². The highest BCUT2D eigenvalue weighted by Gasteiger charge is 2.21. The summed E-state index contributed by atoms with van der Waals surface area (Å²) in [5.41, 5.74) is 0. The van der Waals surface area contributed by atoms with E-state index in [9.17, 15) is 17.6 Å². The fourth-order valence-electron chi connectivity index (χ4n) is 1.09. The van der Waals surface area contributed by atoms with Gasteiger partial charge in [0.05, 0.1) is 12.6 Å². The van der Waals surface area contributed by atoms with Gasteiger partial charge in [-0.05, 0) is 6.07 Å². The first-order valence-corrected chi connectivity index (χ1v) is 6.06. The van der Waals surface area contributed by atoms with E-state index in [4.69, 9.17) is 5.11 Å². The van der Waals surface area contributed by atoms with E-state index < -0.39 is 21.8 Å². The quantitative estimate of drug-likeness (QED) is 0.825. The maximum Gasteiger partial charge on any atom is 0.304 e. The number of nitrogens with zero attached hydrogens (tertiary/aromatic N) is 2. The average Bonchev–Trinajstić information content (AvgIpc) is 2.25. The Morgan fingerprint density at radius 3 is 2.71 bits per heavy atom. The highest BCUT2D eigenvalue weighted by Crippen LogP contribution is 2.14. The topological polar surface area (TPSA) is 87.6 Å². The largest absolute Gasteiger partial charge is 0.481 e. The first kappa shape index (κ1) is 13.5. The van der Waals surface area contributed by atoms with Crippen LogP contribution in [0, 0.1) is 5.82 Å². The fraction of sp³-hybridized carbons (Fsp3) is 0.333. The van der Waals surface area contributed by atoms with Crippen LogP contribution in [0.1, 0.15) is 6.42 Å². The molecular weight excluding hydrogens is 251 g/mol. The predicted octanol–water partition coefficient (Wildman–Crippen LogP) is 0.316. The summed E-state index contributed by atoms with van der Waals surface area (Å²) in [6.07, 6.45) is 1.57. The highest BCUT2D eigenvalue weighted by atomic mass is 32.2. The summed E-state index contributed by atoms with van der Waals surface area (Å²) in [6.45, 7) is -0.186. The van der Waals surface area contributed by atoms with Gasteiger partial charge in [0.25, 0.3) is 0 Å². The van der Waals surface area contributed by atoms with E-state index in [0.717, 1.165) is 22.8 Å². The molecule has 17 heavy (non-hydrogen) atoms. The number of hydrogen-bond acceptors (Lipinski definition) is 4.